The van der Waals surface area contributed by atoms with Gasteiger partial charge in [0.15, 0.2) is 6.61 Å². The lowest BCUT2D eigenvalue weighted by molar-refractivity contribution is -0.123. The van der Waals surface area contributed by atoms with Crippen LogP contribution < -0.4 is 14.8 Å². The van der Waals surface area contributed by atoms with Crippen LogP contribution in [0.25, 0.3) is 0 Å². The zero-order valence-corrected chi connectivity index (χ0v) is 13.0. The molecule has 0 bridgehead atoms. The van der Waals surface area contributed by atoms with E-state index in [-0.39, 0.29) is 18.6 Å². The summed E-state index contributed by atoms with van der Waals surface area (Å²) in [5, 5.41) is 4.90. The van der Waals surface area contributed by atoms with E-state index in [1.54, 1.807) is 23.5 Å². The van der Waals surface area contributed by atoms with Gasteiger partial charge in [-0.3, -0.25) is 4.79 Å². The highest BCUT2D eigenvalue weighted by Gasteiger charge is 2.10. The molecule has 0 aliphatic carbocycles. The fourth-order valence-electron chi connectivity index (χ4n) is 1.84. The predicted molar refractivity (Wildman–Crippen MR) is 84.0 cm³/mol. The second-order valence-corrected chi connectivity index (χ2v) is 5.48. The van der Waals surface area contributed by atoms with Gasteiger partial charge < -0.3 is 14.8 Å². The summed E-state index contributed by atoms with van der Waals surface area (Å²) in [6, 6.07) is 11.2. The minimum atomic E-state index is -0.134. The van der Waals surface area contributed by atoms with E-state index in [0.29, 0.717) is 12.4 Å². The van der Waals surface area contributed by atoms with Gasteiger partial charge >= 0.3 is 0 Å². The Kier molecular flexibility index (Phi) is 5.63. The molecule has 1 aromatic heterocycles. The highest BCUT2D eigenvalue weighted by molar-refractivity contribution is 7.10. The van der Waals surface area contributed by atoms with Crippen molar-refractivity contribution in [3.63, 3.8) is 0 Å². The molecule has 5 heteroatoms. The summed E-state index contributed by atoms with van der Waals surface area (Å²) in [6.07, 6.45) is 0. The summed E-state index contributed by atoms with van der Waals surface area (Å²) in [5.74, 6) is 1.31. The standard InChI is InChI=1S/C16H19NO3S/c1-3-19-13-6-8-14(9-7-13)20-11-16(18)17-12(2)15-5-4-10-21-15/h4-10,12H,3,11H2,1-2H3,(H,17,18). The van der Waals surface area contributed by atoms with Crippen LogP contribution in [0.5, 0.6) is 11.5 Å². The Morgan fingerprint density at radius 1 is 1.19 bits per heavy atom. The van der Waals surface area contributed by atoms with Crippen LogP contribution in [-0.2, 0) is 4.79 Å². The van der Waals surface area contributed by atoms with Gasteiger partial charge in [-0.25, -0.2) is 0 Å². The summed E-state index contributed by atoms with van der Waals surface area (Å²) in [6.45, 7) is 4.52. The van der Waals surface area contributed by atoms with Crippen LogP contribution in [0.2, 0.25) is 0 Å². The summed E-state index contributed by atoms with van der Waals surface area (Å²) in [5.41, 5.74) is 0. The number of thiophene rings is 1. The van der Waals surface area contributed by atoms with Gasteiger partial charge in [-0.15, -0.1) is 11.3 Å². The summed E-state index contributed by atoms with van der Waals surface area (Å²) >= 11 is 1.62. The van der Waals surface area contributed by atoms with Crippen molar-refractivity contribution in [1.82, 2.24) is 5.32 Å². The largest absolute Gasteiger partial charge is 0.494 e. The molecule has 1 unspecified atom stereocenters. The first-order valence-electron chi connectivity index (χ1n) is 6.87. The first-order valence-corrected chi connectivity index (χ1v) is 7.75. The fourth-order valence-corrected chi connectivity index (χ4v) is 2.57. The van der Waals surface area contributed by atoms with E-state index in [1.165, 1.54) is 0 Å². The molecule has 0 aliphatic heterocycles. The van der Waals surface area contributed by atoms with Crippen molar-refractivity contribution in [2.75, 3.05) is 13.2 Å². The van der Waals surface area contributed by atoms with Crippen LogP contribution in [0.3, 0.4) is 0 Å². The Morgan fingerprint density at radius 3 is 2.43 bits per heavy atom. The normalized spacial score (nSPS) is 11.7. The molecule has 1 heterocycles. The Hall–Kier alpha value is -2.01. The maximum atomic E-state index is 11.8. The molecular formula is C16H19NO3S. The molecular weight excluding hydrogens is 286 g/mol. The molecule has 21 heavy (non-hydrogen) atoms. The van der Waals surface area contributed by atoms with Gasteiger partial charge in [0.05, 0.1) is 12.6 Å². The third-order valence-corrected chi connectivity index (χ3v) is 3.91. The monoisotopic (exact) mass is 305 g/mol. The number of nitrogens with one attached hydrogen (secondary N) is 1. The lowest BCUT2D eigenvalue weighted by Crippen LogP contribution is -2.30. The molecule has 0 spiro atoms. The first-order chi connectivity index (χ1) is 10.2. The van der Waals surface area contributed by atoms with Gasteiger partial charge in [0.25, 0.3) is 5.91 Å². The Labute approximate surface area is 128 Å². The highest BCUT2D eigenvalue weighted by atomic mass is 32.1. The van der Waals surface area contributed by atoms with Crippen molar-refractivity contribution >= 4 is 17.2 Å². The molecule has 4 nitrogen and oxygen atoms in total. The predicted octanol–water partition coefficient (Wildman–Crippen LogP) is 3.40. The third-order valence-electron chi connectivity index (χ3n) is 2.85. The maximum absolute atomic E-state index is 11.8. The molecule has 0 radical (unpaired) electrons. The molecule has 1 aromatic carbocycles. The number of amides is 1. The molecule has 0 saturated heterocycles. The molecule has 0 fully saturated rings. The average molecular weight is 305 g/mol. The number of ether oxygens (including phenoxy) is 2. The van der Waals surface area contributed by atoms with Crippen molar-refractivity contribution in [3.05, 3.63) is 46.7 Å². The van der Waals surface area contributed by atoms with E-state index in [9.17, 15) is 4.79 Å². The summed E-state index contributed by atoms with van der Waals surface area (Å²) in [4.78, 5) is 13.0. The van der Waals surface area contributed by atoms with Gasteiger partial charge in [-0.05, 0) is 49.6 Å². The molecule has 2 aromatic rings. The number of carbonyl (C=O) groups is 1. The van der Waals surface area contributed by atoms with E-state index < -0.39 is 0 Å². The van der Waals surface area contributed by atoms with Crippen molar-refractivity contribution in [2.24, 2.45) is 0 Å². The number of hydrogen-bond acceptors (Lipinski definition) is 4. The lowest BCUT2D eigenvalue weighted by Gasteiger charge is -2.13. The number of carbonyl (C=O) groups excluding carboxylic acids is 1. The van der Waals surface area contributed by atoms with Crippen LogP contribution in [0.15, 0.2) is 41.8 Å². The molecule has 1 atom stereocenters. The van der Waals surface area contributed by atoms with Crippen LogP contribution in [0.1, 0.15) is 24.8 Å². The summed E-state index contributed by atoms with van der Waals surface area (Å²) in [7, 11) is 0. The lowest BCUT2D eigenvalue weighted by atomic mass is 10.3. The van der Waals surface area contributed by atoms with Crippen LogP contribution in [-0.4, -0.2) is 19.1 Å². The van der Waals surface area contributed by atoms with Gasteiger partial charge in [0.2, 0.25) is 0 Å². The van der Waals surface area contributed by atoms with Crippen molar-refractivity contribution < 1.29 is 14.3 Å². The number of hydrogen-bond donors (Lipinski definition) is 1. The van der Waals surface area contributed by atoms with Crippen molar-refractivity contribution in [2.45, 2.75) is 19.9 Å². The zero-order chi connectivity index (χ0) is 15.1. The van der Waals surface area contributed by atoms with Gasteiger partial charge in [-0.2, -0.15) is 0 Å². The van der Waals surface area contributed by atoms with Crippen molar-refractivity contribution in [3.8, 4) is 11.5 Å². The molecule has 112 valence electrons. The molecule has 0 saturated carbocycles. The van der Waals surface area contributed by atoms with E-state index in [2.05, 4.69) is 5.32 Å². The Balaban J connectivity index is 1.78. The quantitative estimate of drug-likeness (QED) is 0.853. The smallest absolute Gasteiger partial charge is 0.258 e. The van der Waals surface area contributed by atoms with Gasteiger partial charge in [-0.1, -0.05) is 6.07 Å². The molecule has 1 N–H and O–H groups in total. The SMILES string of the molecule is CCOc1ccc(OCC(=O)NC(C)c2cccs2)cc1. The molecule has 1 amide bonds. The maximum Gasteiger partial charge on any atom is 0.258 e. The topological polar surface area (TPSA) is 47.6 Å². The van der Waals surface area contributed by atoms with Crippen LogP contribution in [0.4, 0.5) is 0 Å². The Bertz CT molecular complexity index is 551. The Morgan fingerprint density at radius 2 is 1.86 bits per heavy atom. The van der Waals surface area contributed by atoms with Gasteiger partial charge in [0.1, 0.15) is 11.5 Å². The van der Waals surface area contributed by atoms with Gasteiger partial charge in [0, 0.05) is 4.88 Å². The van der Waals surface area contributed by atoms with E-state index in [4.69, 9.17) is 9.47 Å². The van der Waals surface area contributed by atoms with Crippen molar-refractivity contribution in [1.29, 1.82) is 0 Å². The first kappa shape index (κ1) is 15.4. The molecule has 0 aliphatic rings. The zero-order valence-electron chi connectivity index (χ0n) is 12.2. The fraction of sp³-hybridized carbons (Fsp3) is 0.312. The number of rotatable bonds is 7. The van der Waals surface area contributed by atoms with E-state index >= 15 is 0 Å². The number of benzene rings is 1. The minimum Gasteiger partial charge on any atom is -0.494 e. The van der Waals surface area contributed by atoms with Crippen LogP contribution >= 0.6 is 11.3 Å². The summed E-state index contributed by atoms with van der Waals surface area (Å²) < 4.78 is 10.8. The molecule has 2 rings (SSSR count). The van der Waals surface area contributed by atoms with E-state index in [1.807, 2.05) is 43.5 Å². The third kappa shape index (κ3) is 4.79. The second kappa shape index (κ2) is 7.69. The van der Waals surface area contributed by atoms with E-state index in [0.717, 1.165) is 10.6 Å². The average Bonchev–Trinajstić information content (AvgIpc) is 3.01. The van der Waals surface area contributed by atoms with Crippen LogP contribution in [0, 0.1) is 0 Å². The highest BCUT2D eigenvalue weighted by Crippen LogP contribution is 2.19. The second-order valence-electron chi connectivity index (χ2n) is 4.50. The minimum absolute atomic E-state index is 0.00132.